The Balaban J connectivity index is 1.51. The van der Waals surface area contributed by atoms with Gasteiger partial charge < -0.3 is 19.5 Å². The van der Waals surface area contributed by atoms with Crippen LogP contribution in [0.3, 0.4) is 0 Å². The van der Waals surface area contributed by atoms with Crippen LogP contribution in [0, 0.1) is 6.92 Å². The first kappa shape index (κ1) is 16.1. The van der Waals surface area contributed by atoms with E-state index >= 15 is 0 Å². The number of nitrogens with zero attached hydrogens (tertiary/aromatic N) is 3. The van der Waals surface area contributed by atoms with Crippen molar-refractivity contribution in [3.05, 3.63) is 29.7 Å². The number of aromatic nitrogens is 1. The standard InChI is InChI=1S/C18H22N4O3/c1-12-4-5-15-14(20-12)9-16(25-15)18(24)21-7-2-3-13(11-21)22-8-6-19-10-17(22)23/h4-5,9,13,19H,2-3,6-8,10-11H2,1H3. The molecule has 0 aromatic carbocycles. The maximum atomic E-state index is 12.9. The van der Waals surface area contributed by atoms with Crippen molar-refractivity contribution < 1.29 is 14.0 Å². The van der Waals surface area contributed by atoms with Crippen molar-refractivity contribution in [1.29, 1.82) is 0 Å². The van der Waals surface area contributed by atoms with Gasteiger partial charge in [0.1, 0.15) is 5.52 Å². The lowest BCUT2D eigenvalue weighted by atomic mass is 10.0. The van der Waals surface area contributed by atoms with Gasteiger partial charge in [-0.3, -0.25) is 9.59 Å². The lowest BCUT2D eigenvalue weighted by Crippen LogP contribution is -2.57. The predicted molar refractivity (Wildman–Crippen MR) is 92.3 cm³/mol. The van der Waals surface area contributed by atoms with E-state index in [0.717, 1.165) is 25.1 Å². The summed E-state index contributed by atoms with van der Waals surface area (Å²) in [5, 5.41) is 3.09. The first-order valence-corrected chi connectivity index (χ1v) is 8.78. The zero-order valence-corrected chi connectivity index (χ0v) is 14.3. The van der Waals surface area contributed by atoms with E-state index in [1.54, 1.807) is 11.0 Å². The third kappa shape index (κ3) is 3.11. The molecule has 7 heteroatoms. The van der Waals surface area contributed by atoms with Crippen LogP contribution in [0.2, 0.25) is 0 Å². The molecule has 2 amide bonds. The number of nitrogens with one attached hydrogen (secondary N) is 1. The second-order valence-electron chi connectivity index (χ2n) is 6.76. The fourth-order valence-electron chi connectivity index (χ4n) is 3.69. The molecule has 2 aromatic rings. The van der Waals surface area contributed by atoms with Crippen LogP contribution in [-0.4, -0.2) is 65.4 Å². The van der Waals surface area contributed by atoms with E-state index in [4.69, 9.17) is 4.42 Å². The lowest BCUT2D eigenvalue weighted by Gasteiger charge is -2.40. The van der Waals surface area contributed by atoms with Gasteiger partial charge in [-0.2, -0.15) is 0 Å². The first-order chi connectivity index (χ1) is 12.1. The molecule has 0 aliphatic carbocycles. The van der Waals surface area contributed by atoms with Crippen LogP contribution >= 0.6 is 0 Å². The maximum Gasteiger partial charge on any atom is 0.289 e. The van der Waals surface area contributed by atoms with E-state index in [1.807, 2.05) is 24.0 Å². The van der Waals surface area contributed by atoms with Crippen molar-refractivity contribution in [2.75, 3.05) is 32.7 Å². The number of hydrogen-bond donors (Lipinski definition) is 1. The fourth-order valence-corrected chi connectivity index (χ4v) is 3.69. The summed E-state index contributed by atoms with van der Waals surface area (Å²) in [6.45, 7) is 5.07. The Morgan fingerprint density at radius 2 is 2.24 bits per heavy atom. The number of pyridine rings is 1. The Bertz CT molecular complexity index is 816. The molecule has 1 N–H and O–H groups in total. The number of piperazine rings is 1. The summed E-state index contributed by atoms with van der Waals surface area (Å²) in [5.74, 6) is 0.317. The van der Waals surface area contributed by atoms with Gasteiger partial charge in [0.25, 0.3) is 5.91 Å². The molecule has 1 atom stereocenters. The number of furan rings is 1. The third-order valence-corrected chi connectivity index (χ3v) is 4.97. The van der Waals surface area contributed by atoms with E-state index in [1.165, 1.54) is 0 Å². The summed E-state index contributed by atoms with van der Waals surface area (Å²) in [6.07, 6.45) is 1.83. The number of rotatable bonds is 2. The Hall–Kier alpha value is -2.41. The average molecular weight is 342 g/mol. The first-order valence-electron chi connectivity index (χ1n) is 8.78. The molecule has 4 rings (SSSR count). The van der Waals surface area contributed by atoms with Crippen LogP contribution in [0.4, 0.5) is 0 Å². The molecule has 1 unspecified atom stereocenters. The third-order valence-electron chi connectivity index (χ3n) is 4.97. The quantitative estimate of drug-likeness (QED) is 0.886. The second kappa shape index (κ2) is 6.48. The Morgan fingerprint density at radius 3 is 3.08 bits per heavy atom. The van der Waals surface area contributed by atoms with Crippen LogP contribution in [0.5, 0.6) is 0 Å². The Kier molecular flexibility index (Phi) is 4.17. The number of fused-ring (bicyclic) bond motifs is 1. The van der Waals surface area contributed by atoms with Crippen LogP contribution < -0.4 is 5.32 Å². The van der Waals surface area contributed by atoms with Gasteiger partial charge in [0.05, 0.1) is 6.54 Å². The van der Waals surface area contributed by atoms with Crippen molar-refractivity contribution in [2.45, 2.75) is 25.8 Å². The van der Waals surface area contributed by atoms with Gasteiger partial charge in [-0.1, -0.05) is 0 Å². The van der Waals surface area contributed by atoms with E-state index in [0.29, 0.717) is 43.0 Å². The topological polar surface area (TPSA) is 78.7 Å². The molecule has 0 spiro atoms. The number of carbonyl (C=O) groups is 2. The minimum absolute atomic E-state index is 0.0945. The second-order valence-corrected chi connectivity index (χ2v) is 6.76. The highest BCUT2D eigenvalue weighted by Crippen LogP contribution is 2.22. The zero-order valence-electron chi connectivity index (χ0n) is 14.3. The summed E-state index contributed by atoms with van der Waals surface area (Å²) in [4.78, 5) is 33.1. The van der Waals surface area contributed by atoms with Crippen LogP contribution in [0.15, 0.2) is 22.6 Å². The summed E-state index contributed by atoms with van der Waals surface area (Å²) < 4.78 is 5.70. The molecular weight excluding hydrogens is 320 g/mol. The largest absolute Gasteiger partial charge is 0.449 e. The fraction of sp³-hybridized carbons (Fsp3) is 0.500. The highest BCUT2D eigenvalue weighted by Gasteiger charge is 2.32. The van der Waals surface area contributed by atoms with Gasteiger partial charge in [-0.15, -0.1) is 0 Å². The van der Waals surface area contributed by atoms with Crippen molar-refractivity contribution in [3.8, 4) is 0 Å². The number of hydrogen-bond acceptors (Lipinski definition) is 5. The van der Waals surface area contributed by atoms with Crippen LogP contribution in [0.25, 0.3) is 11.1 Å². The minimum atomic E-state index is -0.122. The Morgan fingerprint density at radius 1 is 1.36 bits per heavy atom. The highest BCUT2D eigenvalue weighted by molar-refractivity contribution is 5.95. The number of amides is 2. The molecule has 2 aliphatic heterocycles. The van der Waals surface area contributed by atoms with E-state index in [2.05, 4.69) is 10.3 Å². The van der Waals surface area contributed by atoms with Crippen molar-refractivity contribution in [2.24, 2.45) is 0 Å². The monoisotopic (exact) mass is 342 g/mol. The molecule has 2 fully saturated rings. The summed E-state index contributed by atoms with van der Waals surface area (Å²) in [6, 6.07) is 5.52. The van der Waals surface area contributed by atoms with Crippen molar-refractivity contribution in [3.63, 3.8) is 0 Å². The normalized spacial score (nSPS) is 21.8. The molecule has 2 aromatic heterocycles. The van der Waals surface area contributed by atoms with Gasteiger partial charge in [-0.25, -0.2) is 4.98 Å². The van der Waals surface area contributed by atoms with Gasteiger partial charge in [-0.05, 0) is 31.9 Å². The molecule has 2 saturated heterocycles. The number of carbonyl (C=O) groups excluding carboxylic acids is 2. The van der Waals surface area contributed by atoms with Crippen molar-refractivity contribution in [1.82, 2.24) is 20.1 Å². The van der Waals surface area contributed by atoms with E-state index < -0.39 is 0 Å². The molecule has 0 saturated carbocycles. The highest BCUT2D eigenvalue weighted by atomic mass is 16.3. The van der Waals surface area contributed by atoms with Gasteiger partial charge in [0, 0.05) is 44.0 Å². The Labute approximate surface area is 146 Å². The molecule has 0 bridgehead atoms. The molecule has 25 heavy (non-hydrogen) atoms. The maximum absolute atomic E-state index is 12.9. The predicted octanol–water partition coefficient (Wildman–Crippen LogP) is 1.17. The van der Waals surface area contributed by atoms with E-state index in [-0.39, 0.29) is 17.9 Å². The number of aryl methyl sites for hydroxylation is 1. The SMILES string of the molecule is Cc1ccc2oc(C(=O)N3CCCC(N4CCNCC4=O)C3)cc2n1. The van der Waals surface area contributed by atoms with Crippen LogP contribution in [0.1, 0.15) is 29.1 Å². The van der Waals surface area contributed by atoms with E-state index in [9.17, 15) is 9.59 Å². The van der Waals surface area contributed by atoms with Gasteiger partial charge >= 0.3 is 0 Å². The molecular formula is C18H22N4O3. The zero-order chi connectivity index (χ0) is 17.4. The van der Waals surface area contributed by atoms with Crippen LogP contribution in [-0.2, 0) is 4.79 Å². The molecule has 0 radical (unpaired) electrons. The molecule has 2 aliphatic rings. The smallest absolute Gasteiger partial charge is 0.289 e. The summed E-state index contributed by atoms with van der Waals surface area (Å²) >= 11 is 0. The molecule has 4 heterocycles. The lowest BCUT2D eigenvalue weighted by molar-refractivity contribution is -0.135. The molecule has 132 valence electrons. The van der Waals surface area contributed by atoms with Crippen molar-refractivity contribution >= 4 is 22.9 Å². The van der Waals surface area contributed by atoms with Gasteiger partial charge in [0.2, 0.25) is 5.91 Å². The van der Waals surface area contributed by atoms with Gasteiger partial charge in [0.15, 0.2) is 11.3 Å². The number of likely N-dealkylation sites (tertiary alicyclic amines) is 1. The summed E-state index contributed by atoms with van der Waals surface area (Å²) in [7, 11) is 0. The average Bonchev–Trinajstić information content (AvgIpc) is 3.04. The minimum Gasteiger partial charge on any atom is -0.449 e. The molecule has 7 nitrogen and oxygen atoms in total. The number of piperidine rings is 1. The summed E-state index contributed by atoms with van der Waals surface area (Å²) in [5.41, 5.74) is 2.22.